The van der Waals surface area contributed by atoms with Gasteiger partial charge in [0.2, 0.25) is 0 Å². The third-order valence-corrected chi connectivity index (χ3v) is 4.05. The van der Waals surface area contributed by atoms with E-state index in [4.69, 9.17) is 16.3 Å². The Hall–Kier alpha value is -1.38. The fraction of sp³-hybridized carbons (Fsp3) is 0.462. The number of nitro benzene ring substituents is 1. The number of carbonyl (C=O) groups is 1. The lowest BCUT2D eigenvalue weighted by Gasteiger charge is -2.21. The average Bonchev–Trinajstić information content (AvgIpc) is 2.80. The van der Waals surface area contributed by atoms with Crippen LogP contribution >= 0.6 is 27.5 Å². The van der Waals surface area contributed by atoms with E-state index in [0.29, 0.717) is 23.2 Å². The molecule has 120 valence electrons. The third-order valence-electron chi connectivity index (χ3n) is 3.34. The summed E-state index contributed by atoms with van der Waals surface area (Å²) in [5.74, 6) is -0.718. The van der Waals surface area contributed by atoms with E-state index >= 15 is 0 Å². The fourth-order valence-electron chi connectivity index (χ4n) is 2.40. The molecule has 0 bridgehead atoms. The highest BCUT2D eigenvalue weighted by molar-refractivity contribution is 9.10. The first kappa shape index (κ1) is 17.0. The Labute approximate surface area is 140 Å². The van der Waals surface area contributed by atoms with Crippen molar-refractivity contribution >= 4 is 44.9 Å². The number of rotatable bonds is 5. The molecular formula is C13H15BrClN3O4. The second kappa shape index (κ2) is 7.26. The third kappa shape index (κ3) is 4.08. The van der Waals surface area contributed by atoms with E-state index in [2.05, 4.69) is 21.2 Å². The van der Waals surface area contributed by atoms with Crippen LogP contribution in [0.4, 0.5) is 11.4 Å². The van der Waals surface area contributed by atoms with Crippen LogP contribution in [0.2, 0.25) is 0 Å². The molecule has 2 atom stereocenters. The number of carbonyl (C=O) groups excluding carboxylic acids is 1. The SMILES string of the molecule is CN1CC(Nc2ccc(Br)cc2[N+](=O)[O-])C(OC(=O)CCl)C1. The van der Waals surface area contributed by atoms with Crippen LogP contribution in [0, 0.1) is 10.1 Å². The molecule has 1 fully saturated rings. The van der Waals surface area contributed by atoms with Crippen LogP contribution < -0.4 is 5.32 Å². The van der Waals surface area contributed by atoms with Gasteiger partial charge >= 0.3 is 5.97 Å². The molecule has 1 aliphatic rings. The summed E-state index contributed by atoms with van der Waals surface area (Å²) in [5.41, 5.74) is 0.353. The van der Waals surface area contributed by atoms with Crippen LogP contribution in [0.1, 0.15) is 0 Å². The molecule has 0 spiro atoms. The van der Waals surface area contributed by atoms with Gasteiger partial charge in [0.1, 0.15) is 17.7 Å². The van der Waals surface area contributed by atoms with Crippen molar-refractivity contribution in [2.45, 2.75) is 12.1 Å². The molecule has 0 saturated carbocycles. The zero-order chi connectivity index (χ0) is 16.3. The molecule has 0 aliphatic carbocycles. The second-order valence-electron chi connectivity index (χ2n) is 5.05. The van der Waals surface area contributed by atoms with Crippen LogP contribution in [0.15, 0.2) is 22.7 Å². The fourth-order valence-corrected chi connectivity index (χ4v) is 2.81. The highest BCUT2D eigenvalue weighted by atomic mass is 79.9. The monoisotopic (exact) mass is 391 g/mol. The predicted octanol–water partition coefficient (Wildman–Crippen LogP) is 2.23. The van der Waals surface area contributed by atoms with Gasteiger partial charge in [-0.2, -0.15) is 0 Å². The number of ether oxygens (including phenoxy) is 1. The minimum Gasteiger partial charge on any atom is -0.458 e. The minimum absolute atomic E-state index is 0.0358. The van der Waals surface area contributed by atoms with E-state index in [1.54, 1.807) is 12.1 Å². The molecule has 1 saturated heterocycles. The molecule has 1 N–H and O–H groups in total. The molecule has 1 heterocycles. The molecule has 22 heavy (non-hydrogen) atoms. The number of halogens is 2. The lowest BCUT2D eigenvalue weighted by atomic mass is 10.2. The van der Waals surface area contributed by atoms with Gasteiger partial charge in [0.15, 0.2) is 0 Å². The number of esters is 1. The summed E-state index contributed by atoms with van der Waals surface area (Å²) in [4.78, 5) is 24.1. The van der Waals surface area contributed by atoms with Gasteiger partial charge in [-0.3, -0.25) is 14.9 Å². The van der Waals surface area contributed by atoms with Crippen LogP contribution in [0.3, 0.4) is 0 Å². The minimum atomic E-state index is -0.501. The van der Waals surface area contributed by atoms with Gasteiger partial charge in [0.25, 0.3) is 5.69 Å². The van der Waals surface area contributed by atoms with Crippen LogP contribution in [0.25, 0.3) is 0 Å². The molecule has 9 heteroatoms. The summed E-state index contributed by atoms with van der Waals surface area (Å²) in [6, 6.07) is 4.53. The van der Waals surface area contributed by atoms with Gasteiger partial charge in [0, 0.05) is 23.6 Å². The van der Waals surface area contributed by atoms with Crippen LogP contribution in [0.5, 0.6) is 0 Å². The summed E-state index contributed by atoms with van der Waals surface area (Å²) in [6.45, 7) is 1.15. The van der Waals surface area contributed by atoms with Crippen molar-refractivity contribution in [2.24, 2.45) is 0 Å². The number of likely N-dealkylation sites (N-methyl/N-ethyl adjacent to an activating group) is 1. The molecule has 1 aromatic rings. The van der Waals surface area contributed by atoms with E-state index in [1.807, 2.05) is 11.9 Å². The van der Waals surface area contributed by atoms with Crippen LogP contribution in [-0.2, 0) is 9.53 Å². The van der Waals surface area contributed by atoms with Crippen molar-refractivity contribution < 1.29 is 14.5 Å². The number of anilines is 1. The average molecular weight is 393 g/mol. The molecular weight excluding hydrogens is 378 g/mol. The first-order valence-corrected chi connectivity index (χ1v) is 7.88. The van der Waals surface area contributed by atoms with Gasteiger partial charge in [-0.15, -0.1) is 11.6 Å². The highest BCUT2D eigenvalue weighted by Gasteiger charge is 2.34. The molecule has 2 rings (SSSR count). The van der Waals surface area contributed by atoms with E-state index in [-0.39, 0.29) is 17.6 Å². The van der Waals surface area contributed by atoms with Crippen molar-refractivity contribution in [1.82, 2.24) is 4.90 Å². The van der Waals surface area contributed by atoms with Gasteiger partial charge in [-0.25, -0.2) is 0 Å². The van der Waals surface area contributed by atoms with Gasteiger partial charge in [-0.05, 0) is 19.2 Å². The maximum absolute atomic E-state index is 11.4. The van der Waals surface area contributed by atoms with Crippen molar-refractivity contribution in [3.63, 3.8) is 0 Å². The first-order valence-electron chi connectivity index (χ1n) is 6.55. The number of benzene rings is 1. The largest absolute Gasteiger partial charge is 0.458 e. The maximum atomic E-state index is 11.4. The number of hydrogen-bond acceptors (Lipinski definition) is 6. The number of likely N-dealkylation sites (tertiary alicyclic amines) is 1. The standard InChI is InChI=1S/C13H15BrClN3O4/c1-17-6-10(12(7-17)22-13(19)5-15)16-9-3-2-8(14)4-11(9)18(20)21/h2-4,10,12,16H,5-7H2,1H3. The number of nitrogens with zero attached hydrogens (tertiary/aromatic N) is 2. The molecule has 0 radical (unpaired) electrons. The zero-order valence-electron chi connectivity index (χ0n) is 11.8. The molecule has 1 aliphatic heterocycles. The zero-order valence-corrected chi connectivity index (χ0v) is 14.1. The van der Waals surface area contributed by atoms with E-state index in [0.717, 1.165) is 0 Å². The smallest absolute Gasteiger partial charge is 0.321 e. The van der Waals surface area contributed by atoms with Crippen molar-refractivity contribution in [2.75, 3.05) is 31.3 Å². The van der Waals surface area contributed by atoms with E-state index < -0.39 is 17.0 Å². The Bertz CT molecular complexity index is 586. The Kier molecular flexibility index (Phi) is 5.60. The van der Waals surface area contributed by atoms with Gasteiger partial charge in [0.05, 0.1) is 11.0 Å². The Morgan fingerprint density at radius 2 is 2.32 bits per heavy atom. The normalized spacial score (nSPS) is 21.6. The number of nitrogens with one attached hydrogen (secondary N) is 1. The first-order chi connectivity index (χ1) is 10.4. The number of alkyl halides is 1. The predicted molar refractivity (Wildman–Crippen MR) is 86.3 cm³/mol. The Balaban J connectivity index is 2.17. The molecule has 0 amide bonds. The molecule has 2 unspecified atom stereocenters. The van der Waals surface area contributed by atoms with E-state index in [9.17, 15) is 14.9 Å². The summed E-state index contributed by atoms with van der Waals surface area (Å²) in [5, 5.41) is 14.3. The van der Waals surface area contributed by atoms with Crippen molar-refractivity contribution in [1.29, 1.82) is 0 Å². The summed E-state index contributed by atoms with van der Waals surface area (Å²) < 4.78 is 5.91. The molecule has 0 aromatic heterocycles. The van der Waals surface area contributed by atoms with Crippen molar-refractivity contribution in [3.8, 4) is 0 Å². The van der Waals surface area contributed by atoms with Crippen molar-refractivity contribution in [3.05, 3.63) is 32.8 Å². The highest BCUT2D eigenvalue weighted by Crippen LogP contribution is 2.30. The summed E-state index contributed by atoms with van der Waals surface area (Å²) in [7, 11) is 1.89. The quantitative estimate of drug-likeness (QED) is 0.358. The Morgan fingerprint density at radius 3 is 2.95 bits per heavy atom. The number of nitro groups is 1. The summed E-state index contributed by atoms with van der Waals surface area (Å²) in [6.07, 6.45) is -0.403. The van der Waals surface area contributed by atoms with E-state index in [1.165, 1.54) is 6.07 Å². The van der Waals surface area contributed by atoms with Gasteiger partial charge in [-0.1, -0.05) is 15.9 Å². The maximum Gasteiger partial charge on any atom is 0.321 e. The lowest BCUT2D eigenvalue weighted by Crippen LogP contribution is -2.36. The molecule has 7 nitrogen and oxygen atoms in total. The second-order valence-corrected chi connectivity index (χ2v) is 6.24. The van der Waals surface area contributed by atoms with Crippen LogP contribution in [-0.4, -0.2) is 54.0 Å². The topological polar surface area (TPSA) is 84.7 Å². The number of hydrogen-bond donors (Lipinski definition) is 1. The van der Waals surface area contributed by atoms with Gasteiger partial charge < -0.3 is 15.0 Å². The Morgan fingerprint density at radius 1 is 1.59 bits per heavy atom. The molecule has 1 aromatic carbocycles. The summed E-state index contributed by atoms with van der Waals surface area (Å²) >= 11 is 8.67. The lowest BCUT2D eigenvalue weighted by molar-refractivity contribution is -0.384.